The zero-order chi connectivity index (χ0) is 24.7. The predicted molar refractivity (Wildman–Crippen MR) is 130 cm³/mol. The van der Waals surface area contributed by atoms with E-state index < -0.39 is 0 Å². The molecule has 0 spiro atoms. The molecule has 0 fully saturated rings. The number of hydrogen-bond acceptors (Lipinski definition) is 3. The van der Waals surface area contributed by atoms with Crippen LogP contribution in [0.3, 0.4) is 0 Å². The maximum absolute atomic E-state index is 10.2. The number of likely N-dealkylation sites (N-methyl/N-ethyl adjacent to an activating group) is 1. The minimum Gasteiger partial charge on any atom is -0.375 e. The van der Waals surface area contributed by atoms with Crippen molar-refractivity contribution in [2.75, 3.05) is 27.8 Å². The number of hydrogen-bond donors (Lipinski definition) is 2. The summed E-state index contributed by atoms with van der Waals surface area (Å²) in [5.41, 5.74) is 0. The summed E-state index contributed by atoms with van der Waals surface area (Å²) >= 11 is 0. The SMILES string of the molecule is CC.CC.CC.CC.CC.CC.CCC.CNC(=O)COC.CNC(C)=O. The third-order valence-electron chi connectivity index (χ3n) is 0.906. The molecule has 2 N–H and O–H groups in total. The molecule has 0 radical (unpaired) electrons. The Bertz CT molecular complexity index is 154. The van der Waals surface area contributed by atoms with Gasteiger partial charge in [-0.25, -0.2) is 0 Å². The van der Waals surface area contributed by atoms with Crippen LogP contribution in [0.15, 0.2) is 0 Å². The lowest BCUT2D eigenvalue weighted by Gasteiger charge is -1.92. The Balaban J connectivity index is -0.0000000207. The largest absolute Gasteiger partial charge is 0.375 e. The summed E-state index contributed by atoms with van der Waals surface area (Å²) in [6.45, 7) is 29.9. The number of carbonyl (C=O) groups excluding carboxylic acids is 2. The highest BCUT2D eigenvalue weighted by atomic mass is 16.5. The highest BCUT2D eigenvalue weighted by Crippen LogP contribution is 1.62. The van der Waals surface area contributed by atoms with Crippen LogP contribution in [0.2, 0.25) is 0 Å². The fraction of sp³-hybridized carbons (Fsp3) is 0.909. The number of rotatable bonds is 2. The van der Waals surface area contributed by atoms with E-state index in [1.165, 1.54) is 20.5 Å². The fourth-order valence-corrected chi connectivity index (χ4v) is 0.203. The minimum absolute atomic E-state index is 0.00463. The molecule has 0 aromatic carbocycles. The number of methoxy groups -OCH3 is 1. The van der Waals surface area contributed by atoms with Crippen LogP contribution in [-0.2, 0) is 14.3 Å². The van der Waals surface area contributed by atoms with Crippen LogP contribution in [0.1, 0.15) is 110 Å². The van der Waals surface area contributed by atoms with Gasteiger partial charge in [0.15, 0.2) is 0 Å². The Morgan fingerprint density at radius 3 is 0.889 bits per heavy atom. The highest BCUT2D eigenvalue weighted by Gasteiger charge is 1.90. The van der Waals surface area contributed by atoms with Crippen molar-refractivity contribution in [3.63, 3.8) is 0 Å². The highest BCUT2D eigenvalue weighted by molar-refractivity contribution is 5.76. The molecule has 0 heterocycles. The summed E-state index contributed by atoms with van der Waals surface area (Å²) in [7, 11) is 4.65. The standard InChI is InChI=1S/C4H9NO2.C3H7NO.C3H8.6C2H6/c1-5-4(6)3-7-2;1-3(5)4-2;1-3-2;6*1-2/h3H2,1-2H3,(H,5,6);1-2H3,(H,4,5);3H2,1-2H3;6*1-2H3. The van der Waals surface area contributed by atoms with E-state index in [4.69, 9.17) is 0 Å². The first-order valence-corrected chi connectivity index (χ1v) is 10.9. The lowest BCUT2D eigenvalue weighted by Crippen LogP contribution is -2.22. The Morgan fingerprint density at radius 1 is 0.667 bits per heavy atom. The van der Waals surface area contributed by atoms with Crippen LogP contribution in [0, 0.1) is 0 Å². The predicted octanol–water partition coefficient (Wildman–Crippen LogP) is 6.70. The number of carbonyl (C=O) groups is 2. The van der Waals surface area contributed by atoms with Gasteiger partial charge in [0.05, 0.1) is 0 Å². The minimum atomic E-state index is -0.0949. The third kappa shape index (κ3) is 375. The van der Waals surface area contributed by atoms with E-state index in [-0.39, 0.29) is 18.4 Å². The molecule has 5 nitrogen and oxygen atoms in total. The summed E-state index contributed by atoms with van der Waals surface area (Å²) in [6.07, 6.45) is 1.25. The molecule has 0 unspecified atom stereocenters. The molecule has 176 valence electrons. The van der Waals surface area contributed by atoms with Gasteiger partial charge in [0.2, 0.25) is 11.8 Å². The first-order chi connectivity index (χ1) is 13.0. The van der Waals surface area contributed by atoms with E-state index in [1.54, 1.807) is 14.1 Å². The van der Waals surface area contributed by atoms with E-state index in [1.807, 2.05) is 83.1 Å². The molecule has 0 bridgehead atoms. The molecule has 0 aliphatic carbocycles. The first kappa shape index (κ1) is 56.2. The van der Waals surface area contributed by atoms with Crippen LogP contribution in [-0.4, -0.2) is 39.6 Å². The van der Waals surface area contributed by atoms with Crippen LogP contribution in [0.4, 0.5) is 0 Å². The van der Waals surface area contributed by atoms with Crippen LogP contribution in [0.5, 0.6) is 0 Å². The number of ether oxygens (including phenoxy) is 1. The van der Waals surface area contributed by atoms with Gasteiger partial charge in [0.25, 0.3) is 0 Å². The van der Waals surface area contributed by atoms with Crippen molar-refractivity contribution in [3.8, 4) is 0 Å². The molecule has 0 aromatic heterocycles. The lowest BCUT2D eigenvalue weighted by molar-refractivity contribution is -0.124. The fourth-order valence-electron chi connectivity index (χ4n) is 0.203. The average Bonchev–Trinajstić information content (AvgIpc) is 2.77. The van der Waals surface area contributed by atoms with Crippen molar-refractivity contribution in [1.29, 1.82) is 0 Å². The molecule has 0 aliphatic rings. The zero-order valence-electron chi connectivity index (χ0n) is 22.6. The van der Waals surface area contributed by atoms with Gasteiger partial charge < -0.3 is 15.4 Å². The van der Waals surface area contributed by atoms with Gasteiger partial charge in [-0.2, -0.15) is 0 Å². The molecule has 0 aliphatic heterocycles. The summed E-state index contributed by atoms with van der Waals surface area (Å²) in [5.74, 6) is -0.0903. The second kappa shape index (κ2) is 145. The van der Waals surface area contributed by atoms with Gasteiger partial charge >= 0.3 is 0 Å². The van der Waals surface area contributed by atoms with Crippen molar-refractivity contribution in [1.82, 2.24) is 10.6 Å². The second-order valence-corrected chi connectivity index (χ2v) is 2.62. The van der Waals surface area contributed by atoms with Gasteiger partial charge in [-0.1, -0.05) is 103 Å². The Hall–Kier alpha value is -1.10. The molecule has 2 amide bonds. The maximum atomic E-state index is 10.2. The summed E-state index contributed by atoms with van der Waals surface area (Å²) in [5, 5.41) is 4.79. The second-order valence-electron chi connectivity index (χ2n) is 2.62. The van der Waals surface area contributed by atoms with Crippen molar-refractivity contribution < 1.29 is 14.3 Å². The van der Waals surface area contributed by atoms with E-state index in [0.29, 0.717) is 0 Å². The van der Waals surface area contributed by atoms with Crippen LogP contribution in [0.25, 0.3) is 0 Å². The molecule has 0 rings (SSSR count). The molecular formula is C22H60N2O3. The van der Waals surface area contributed by atoms with Crippen molar-refractivity contribution in [2.24, 2.45) is 0 Å². The van der Waals surface area contributed by atoms with Crippen molar-refractivity contribution >= 4 is 11.8 Å². The molecule has 5 heteroatoms. The number of amides is 2. The van der Waals surface area contributed by atoms with E-state index in [0.717, 1.165) is 0 Å². The summed E-state index contributed by atoms with van der Waals surface area (Å²) in [4.78, 5) is 19.9. The van der Waals surface area contributed by atoms with Crippen LogP contribution >= 0.6 is 0 Å². The Labute approximate surface area is 175 Å². The summed E-state index contributed by atoms with van der Waals surface area (Å²) < 4.78 is 4.48. The van der Waals surface area contributed by atoms with Gasteiger partial charge in [-0.3, -0.25) is 9.59 Å². The van der Waals surface area contributed by atoms with E-state index in [9.17, 15) is 9.59 Å². The molecule has 0 aromatic rings. The molecular weight excluding hydrogens is 340 g/mol. The normalized spacial score (nSPS) is 5.41. The average molecular weight is 401 g/mol. The monoisotopic (exact) mass is 400 g/mol. The quantitative estimate of drug-likeness (QED) is 0.541. The third-order valence-corrected chi connectivity index (χ3v) is 0.906. The number of nitrogens with one attached hydrogen (secondary N) is 2. The Kier molecular flexibility index (Phi) is 302. The lowest BCUT2D eigenvalue weighted by atomic mass is 10.6. The summed E-state index contributed by atoms with van der Waals surface area (Å²) in [6, 6.07) is 0. The van der Waals surface area contributed by atoms with Gasteiger partial charge in [0, 0.05) is 28.1 Å². The molecule has 0 atom stereocenters. The maximum Gasteiger partial charge on any atom is 0.245 e. The van der Waals surface area contributed by atoms with E-state index in [2.05, 4.69) is 29.2 Å². The molecule has 0 saturated heterocycles. The van der Waals surface area contributed by atoms with Gasteiger partial charge in [0.1, 0.15) is 6.61 Å². The topological polar surface area (TPSA) is 67.4 Å². The van der Waals surface area contributed by atoms with Gasteiger partial charge in [-0.15, -0.1) is 0 Å². The van der Waals surface area contributed by atoms with Crippen molar-refractivity contribution in [3.05, 3.63) is 0 Å². The van der Waals surface area contributed by atoms with Crippen LogP contribution < -0.4 is 10.6 Å². The molecule has 27 heavy (non-hydrogen) atoms. The van der Waals surface area contributed by atoms with Gasteiger partial charge in [-0.05, 0) is 0 Å². The smallest absolute Gasteiger partial charge is 0.245 e. The Morgan fingerprint density at radius 2 is 0.852 bits per heavy atom. The molecule has 0 saturated carbocycles. The zero-order valence-corrected chi connectivity index (χ0v) is 22.6. The van der Waals surface area contributed by atoms with Crippen molar-refractivity contribution in [2.45, 2.75) is 110 Å². The van der Waals surface area contributed by atoms with E-state index >= 15 is 0 Å². The first-order valence-electron chi connectivity index (χ1n) is 10.9.